The summed E-state index contributed by atoms with van der Waals surface area (Å²) < 4.78 is 0. The first kappa shape index (κ1) is 9.90. The molecule has 0 atom stereocenters. The van der Waals surface area contributed by atoms with Crippen molar-refractivity contribution in [1.82, 2.24) is 0 Å². The highest BCUT2D eigenvalue weighted by atomic mass is 14.9. The number of benzene rings is 1. The van der Waals surface area contributed by atoms with Crippen LogP contribution in [0.1, 0.15) is 24.5 Å². The summed E-state index contributed by atoms with van der Waals surface area (Å²) in [5, 5.41) is 3.38. The SMILES string of the molecule is CCCNc1cc(C)c(N)cc1C. The van der Waals surface area contributed by atoms with Gasteiger partial charge >= 0.3 is 0 Å². The Labute approximate surface area is 80.1 Å². The number of aryl methyl sites for hydroxylation is 2. The summed E-state index contributed by atoms with van der Waals surface area (Å²) in [6, 6.07) is 4.13. The van der Waals surface area contributed by atoms with Crippen molar-refractivity contribution in [3.8, 4) is 0 Å². The van der Waals surface area contributed by atoms with Crippen molar-refractivity contribution >= 4 is 11.4 Å². The molecule has 0 aliphatic carbocycles. The molecule has 0 aromatic heterocycles. The Hall–Kier alpha value is -1.18. The van der Waals surface area contributed by atoms with Gasteiger partial charge in [-0.25, -0.2) is 0 Å². The molecule has 0 bridgehead atoms. The molecule has 1 rings (SSSR count). The largest absolute Gasteiger partial charge is 0.399 e. The molecule has 13 heavy (non-hydrogen) atoms. The Bertz CT molecular complexity index is 292. The fourth-order valence-corrected chi connectivity index (χ4v) is 1.29. The molecule has 0 radical (unpaired) electrons. The maximum absolute atomic E-state index is 5.79. The molecule has 0 fully saturated rings. The number of nitrogen functional groups attached to an aromatic ring is 1. The number of nitrogens with one attached hydrogen (secondary N) is 1. The van der Waals surface area contributed by atoms with Crippen LogP contribution in [0, 0.1) is 13.8 Å². The van der Waals surface area contributed by atoms with Crippen molar-refractivity contribution in [3.05, 3.63) is 23.3 Å². The summed E-state index contributed by atoms with van der Waals surface area (Å²) in [6.45, 7) is 7.29. The molecule has 0 aliphatic heterocycles. The molecule has 0 saturated heterocycles. The van der Waals surface area contributed by atoms with Crippen molar-refractivity contribution in [2.24, 2.45) is 0 Å². The highest BCUT2D eigenvalue weighted by Crippen LogP contribution is 2.21. The van der Waals surface area contributed by atoms with E-state index in [1.165, 1.54) is 11.3 Å². The van der Waals surface area contributed by atoms with Crippen LogP contribution < -0.4 is 11.1 Å². The van der Waals surface area contributed by atoms with Gasteiger partial charge in [0.1, 0.15) is 0 Å². The number of anilines is 2. The number of hydrogen-bond acceptors (Lipinski definition) is 2. The Morgan fingerprint density at radius 2 is 1.92 bits per heavy atom. The Kier molecular flexibility index (Phi) is 3.18. The second-order valence-corrected chi connectivity index (χ2v) is 3.45. The Balaban J connectivity index is 2.88. The number of rotatable bonds is 3. The molecule has 0 saturated carbocycles. The molecule has 0 heterocycles. The van der Waals surface area contributed by atoms with Crippen LogP contribution in [0.15, 0.2) is 12.1 Å². The van der Waals surface area contributed by atoms with Crippen molar-refractivity contribution in [2.75, 3.05) is 17.6 Å². The highest BCUT2D eigenvalue weighted by molar-refractivity contribution is 5.61. The molecule has 1 aromatic rings. The third-order valence-corrected chi connectivity index (χ3v) is 2.18. The smallest absolute Gasteiger partial charge is 0.0374 e. The summed E-state index contributed by atoms with van der Waals surface area (Å²) in [5.74, 6) is 0. The minimum atomic E-state index is 0.875. The number of hydrogen-bond donors (Lipinski definition) is 2. The Morgan fingerprint density at radius 3 is 2.54 bits per heavy atom. The maximum Gasteiger partial charge on any atom is 0.0374 e. The second-order valence-electron chi connectivity index (χ2n) is 3.45. The Morgan fingerprint density at radius 1 is 1.23 bits per heavy atom. The molecule has 2 nitrogen and oxygen atoms in total. The van der Waals surface area contributed by atoms with Gasteiger partial charge in [0.05, 0.1) is 0 Å². The van der Waals surface area contributed by atoms with Gasteiger partial charge in [-0.05, 0) is 43.5 Å². The van der Waals surface area contributed by atoms with Gasteiger partial charge in [0.25, 0.3) is 0 Å². The van der Waals surface area contributed by atoms with Crippen LogP contribution in [0.3, 0.4) is 0 Å². The van der Waals surface area contributed by atoms with Crippen LogP contribution >= 0.6 is 0 Å². The van der Waals surface area contributed by atoms with E-state index in [1.807, 2.05) is 13.0 Å². The van der Waals surface area contributed by atoms with Gasteiger partial charge in [-0.2, -0.15) is 0 Å². The maximum atomic E-state index is 5.79. The normalized spacial score (nSPS) is 10.1. The van der Waals surface area contributed by atoms with Gasteiger partial charge in [0, 0.05) is 17.9 Å². The van der Waals surface area contributed by atoms with E-state index in [-0.39, 0.29) is 0 Å². The van der Waals surface area contributed by atoms with E-state index in [0.29, 0.717) is 0 Å². The van der Waals surface area contributed by atoms with E-state index in [9.17, 15) is 0 Å². The van der Waals surface area contributed by atoms with Crippen molar-refractivity contribution in [3.63, 3.8) is 0 Å². The molecular weight excluding hydrogens is 160 g/mol. The molecule has 0 amide bonds. The summed E-state index contributed by atoms with van der Waals surface area (Å²) in [5.41, 5.74) is 10.2. The standard InChI is InChI=1S/C11H18N2/c1-4-5-13-11-7-8(2)10(12)6-9(11)3/h6-7,13H,4-5,12H2,1-3H3. The molecule has 1 aromatic carbocycles. The lowest BCUT2D eigenvalue weighted by Crippen LogP contribution is -2.03. The van der Waals surface area contributed by atoms with E-state index >= 15 is 0 Å². The molecule has 0 unspecified atom stereocenters. The van der Waals surface area contributed by atoms with Crippen LogP contribution in [0.2, 0.25) is 0 Å². The van der Waals surface area contributed by atoms with Crippen molar-refractivity contribution < 1.29 is 0 Å². The third-order valence-electron chi connectivity index (χ3n) is 2.18. The van der Waals surface area contributed by atoms with Crippen LogP contribution in [-0.4, -0.2) is 6.54 Å². The van der Waals surface area contributed by atoms with E-state index in [1.54, 1.807) is 0 Å². The zero-order valence-corrected chi connectivity index (χ0v) is 8.65. The van der Waals surface area contributed by atoms with Crippen molar-refractivity contribution in [1.29, 1.82) is 0 Å². The van der Waals surface area contributed by atoms with Gasteiger partial charge in [-0.15, -0.1) is 0 Å². The summed E-state index contributed by atoms with van der Waals surface area (Å²) in [4.78, 5) is 0. The van der Waals surface area contributed by atoms with Gasteiger partial charge in [-0.3, -0.25) is 0 Å². The lowest BCUT2D eigenvalue weighted by Gasteiger charge is -2.11. The van der Waals surface area contributed by atoms with Gasteiger partial charge in [0.15, 0.2) is 0 Å². The van der Waals surface area contributed by atoms with Gasteiger partial charge in [0.2, 0.25) is 0 Å². The first-order chi connectivity index (χ1) is 6.15. The minimum Gasteiger partial charge on any atom is -0.399 e. The molecule has 0 spiro atoms. The first-order valence-corrected chi connectivity index (χ1v) is 4.75. The van der Waals surface area contributed by atoms with Crippen molar-refractivity contribution in [2.45, 2.75) is 27.2 Å². The molecule has 3 N–H and O–H groups in total. The van der Waals surface area contributed by atoms with E-state index in [2.05, 4.69) is 25.2 Å². The molecule has 72 valence electrons. The second kappa shape index (κ2) is 4.17. The molecular formula is C11H18N2. The molecule has 0 aliphatic rings. The number of nitrogens with two attached hydrogens (primary N) is 1. The minimum absolute atomic E-state index is 0.875. The summed E-state index contributed by atoms with van der Waals surface area (Å²) in [6.07, 6.45) is 1.14. The van der Waals surface area contributed by atoms with Crippen LogP contribution in [-0.2, 0) is 0 Å². The topological polar surface area (TPSA) is 38.0 Å². The van der Waals surface area contributed by atoms with Crippen LogP contribution in [0.25, 0.3) is 0 Å². The lowest BCUT2D eigenvalue weighted by atomic mass is 10.1. The monoisotopic (exact) mass is 178 g/mol. The van der Waals surface area contributed by atoms with E-state index in [4.69, 9.17) is 5.73 Å². The van der Waals surface area contributed by atoms with Crippen LogP contribution in [0.4, 0.5) is 11.4 Å². The zero-order chi connectivity index (χ0) is 9.84. The fourth-order valence-electron chi connectivity index (χ4n) is 1.29. The fraction of sp³-hybridized carbons (Fsp3) is 0.455. The van der Waals surface area contributed by atoms with E-state index in [0.717, 1.165) is 24.2 Å². The summed E-state index contributed by atoms with van der Waals surface area (Å²) >= 11 is 0. The van der Waals surface area contributed by atoms with Gasteiger partial charge in [-0.1, -0.05) is 6.92 Å². The average molecular weight is 178 g/mol. The molecule has 2 heteroatoms. The predicted octanol–water partition coefficient (Wildman–Crippen LogP) is 2.71. The average Bonchev–Trinajstić information content (AvgIpc) is 2.09. The zero-order valence-electron chi connectivity index (χ0n) is 8.65. The quantitative estimate of drug-likeness (QED) is 0.698. The van der Waals surface area contributed by atoms with Crippen LogP contribution in [0.5, 0.6) is 0 Å². The lowest BCUT2D eigenvalue weighted by molar-refractivity contribution is 0.977. The summed E-state index contributed by atoms with van der Waals surface area (Å²) in [7, 11) is 0. The highest BCUT2D eigenvalue weighted by Gasteiger charge is 2.00. The first-order valence-electron chi connectivity index (χ1n) is 4.75. The van der Waals surface area contributed by atoms with Gasteiger partial charge < -0.3 is 11.1 Å². The third kappa shape index (κ3) is 2.38. The van der Waals surface area contributed by atoms with E-state index < -0.39 is 0 Å². The predicted molar refractivity (Wildman–Crippen MR) is 59.1 cm³/mol.